The predicted molar refractivity (Wildman–Crippen MR) is 52.2 cm³/mol. The van der Waals surface area contributed by atoms with Crippen molar-refractivity contribution < 1.29 is 10.0 Å². The molecular formula is C8H9NO3S. The van der Waals surface area contributed by atoms with Crippen LogP contribution in [0, 0.1) is 10.1 Å². The normalized spacial score (nSPS) is 12.5. The van der Waals surface area contributed by atoms with E-state index >= 15 is 0 Å². The summed E-state index contributed by atoms with van der Waals surface area (Å²) in [4.78, 5) is 9.89. The lowest BCUT2D eigenvalue weighted by Crippen LogP contribution is -1.91. The quantitative estimate of drug-likeness (QED) is 0.436. The van der Waals surface area contributed by atoms with E-state index in [1.165, 1.54) is 18.2 Å². The first kappa shape index (κ1) is 9.85. The molecule has 1 aromatic rings. The summed E-state index contributed by atoms with van der Waals surface area (Å²) in [6.45, 7) is 1.74. The Morgan fingerprint density at radius 3 is 2.69 bits per heavy atom. The van der Waals surface area contributed by atoms with E-state index in [4.69, 9.17) is 0 Å². The van der Waals surface area contributed by atoms with Crippen LogP contribution in [0.1, 0.15) is 17.7 Å². The molecule has 0 saturated carbocycles. The fraction of sp³-hybridized carbons (Fsp3) is 0.250. The average Bonchev–Trinajstić information content (AvgIpc) is 2.04. The molecule has 4 nitrogen and oxygen atoms in total. The van der Waals surface area contributed by atoms with Crippen molar-refractivity contribution in [3.8, 4) is 5.75 Å². The second-order valence-electron chi connectivity index (χ2n) is 2.68. The molecule has 13 heavy (non-hydrogen) atoms. The minimum absolute atomic E-state index is 0.0336. The van der Waals surface area contributed by atoms with E-state index < -0.39 is 4.92 Å². The number of benzene rings is 1. The highest BCUT2D eigenvalue weighted by molar-refractivity contribution is 7.80. The largest absolute Gasteiger partial charge is 0.508 e. The van der Waals surface area contributed by atoms with Crippen LogP contribution in [0.15, 0.2) is 18.2 Å². The molecule has 0 amide bonds. The Morgan fingerprint density at radius 1 is 1.62 bits per heavy atom. The lowest BCUT2D eigenvalue weighted by Gasteiger charge is -2.06. The Hall–Kier alpha value is -1.23. The number of hydrogen-bond acceptors (Lipinski definition) is 4. The van der Waals surface area contributed by atoms with Crippen LogP contribution in [0.3, 0.4) is 0 Å². The summed E-state index contributed by atoms with van der Waals surface area (Å²) in [7, 11) is 0. The van der Waals surface area contributed by atoms with Crippen molar-refractivity contribution >= 4 is 18.3 Å². The maximum Gasteiger partial charge on any atom is 0.270 e. The molecule has 1 rings (SSSR count). The lowest BCUT2D eigenvalue weighted by molar-refractivity contribution is -0.384. The zero-order valence-electron chi connectivity index (χ0n) is 6.97. The lowest BCUT2D eigenvalue weighted by atomic mass is 10.1. The van der Waals surface area contributed by atoms with Crippen LogP contribution in [0.5, 0.6) is 5.75 Å². The summed E-state index contributed by atoms with van der Waals surface area (Å²) in [5, 5.41) is 19.5. The van der Waals surface area contributed by atoms with Gasteiger partial charge in [-0.25, -0.2) is 0 Å². The Balaban J connectivity index is 3.19. The highest BCUT2D eigenvalue weighted by Crippen LogP contribution is 2.31. The van der Waals surface area contributed by atoms with Gasteiger partial charge in [0.1, 0.15) is 5.75 Å². The van der Waals surface area contributed by atoms with Crippen LogP contribution in [0.2, 0.25) is 0 Å². The number of hydrogen-bond donors (Lipinski definition) is 2. The zero-order valence-corrected chi connectivity index (χ0v) is 7.86. The molecule has 0 radical (unpaired) electrons. The Bertz CT molecular complexity index is 338. The monoisotopic (exact) mass is 199 g/mol. The summed E-state index contributed by atoms with van der Waals surface area (Å²) in [5.74, 6) is 0.0353. The number of phenolic OH excluding ortho intramolecular Hbond substituents is 1. The molecule has 0 saturated heterocycles. The van der Waals surface area contributed by atoms with Gasteiger partial charge in [0, 0.05) is 22.9 Å². The van der Waals surface area contributed by atoms with Gasteiger partial charge in [-0.15, -0.1) is 0 Å². The zero-order chi connectivity index (χ0) is 10.0. The van der Waals surface area contributed by atoms with E-state index in [0.29, 0.717) is 5.56 Å². The molecule has 1 aromatic carbocycles. The smallest absolute Gasteiger partial charge is 0.270 e. The van der Waals surface area contributed by atoms with Crippen molar-refractivity contribution in [1.82, 2.24) is 0 Å². The van der Waals surface area contributed by atoms with Gasteiger partial charge in [-0.3, -0.25) is 10.1 Å². The van der Waals surface area contributed by atoms with Gasteiger partial charge in [0.15, 0.2) is 0 Å². The van der Waals surface area contributed by atoms with Crippen molar-refractivity contribution in [2.75, 3.05) is 0 Å². The van der Waals surface area contributed by atoms with Gasteiger partial charge in [-0.1, -0.05) is 0 Å². The van der Waals surface area contributed by atoms with Crippen LogP contribution < -0.4 is 0 Å². The van der Waals surface area contributed by atoms with E-state index in [1.807, 2.05) is 0 Å². The molecule has 0 aliphatic carbocycles. The predicted octanol–water partition coefficient (Wildman–Crippen LogP) is 2.29. The molecule has 0 heterocycles. The Kier molecular flexibility index (Phi) is 2.77. The first-order valence-corrected chi connectivity index (χ1v) is 4.19. The first-order chi connectivity index (χ1) is 6.02. The van der Waals surface area contributed by atoms with Gasteiger partial charge in [-0.2, -0.15) is 12.6 Å². The van der Waals surface area contributed by atoms with Crippen LogP contribution >= 0.6 is 12.6 Å². The average molecular weight is 199 g/mol. The SMILES string of the molecule is CC(S)c1cc([N+](=O)[O-])ccc1O. The third-order valence-corrected chi connectivity index (χ3v) is 1.95. The third kappa shape index (κ3) is 2.12. The standard InChI is InChI=1S/C8H9NO3S/c1-5(13)7-4-6(9(11)12)2-3-8(7)10/h2-5,10,13H,1H3. The Morgan fingerprint density at radius 2 is 2.23 bits per heavy atom. The van der Waals surface area contributed by atoms with Gasteiger partial charge in [-0.05, 0) is 13.0 Å². The number of non-ortho nitro benzene ring substituents is 1. The van der Waals surface area contributed by atoms with Gasteiger partial charge >= 0.3 is 0 Å². The van der Waals surface area contributed by atoms with Crippen molar-refractivity contribution in [1.29, 1.82) is 0 Å². The fourth-order valence-corrected chi connectivity index (χ4v) is 1.20. The molecule has 0 spiro atoms. The van der Waals surface area contributed by atoms with Crippen LogP contribution in [0.4, 0.5) is 5.69 Å². The summed E-state index contributed by atoms with van der Waals surface area (Å²) >= 11 is 4.09. The van der Waals surface area contributed by atoms with Gasteiger partial charge in [0.05, 0.1) is 4.92 Å². The van der Waals surface area contributed by atoms with Crippen molar-refractivity contribution in [3.05, 3.63) is 33.9 Å². The maximum atomic E-state index is 10.4. The molecule has 1 N–H and O–H groups in total. The van der Waals surface area contributed by atoms with Gasteiger partial charge < -0.3 is 5.11 Å². The minimum Gasteiger partial charge on any atom is -0.508 e. The van der Waals surface area contributed by atoms with Gasteiger partial charge in [0.2, 0.25) is 0 Å². The summed E-state index contributed by atoms with van der Waals surface area (Å²) in [6, 6.07) is 3.89. The van der Waals surface area contributed by atoms with Crippen LogP contribution in [-0.4, -0.2) is 10.0 Å². The number of nitro groups is 1. The fourth-order valence-electron chi connectivity index (χ4n) is 0.990. The highest BCUT2D eigenvalue weighted by atomic mass is 32.1. The number of thiol groups is 1. The molecule has 0 fully saturated rings. The maximum absolute atomic E-state index is 10.4. The number of aromatic hydroxyl groups is 1. The number of phenols is 1. The van der Waals surface area contributed by atoms with Crippen LogP contribution in [-0.2, 0) is 0 Å². The van der Waals surface area contributed by atoms with E-state index in [9.17, 15) is 15.2 Å². The Labute approximate surface area is 80.8 Å². The summed E-state index contributed by atoms with van der Waals surface area (Å²) in [5.41, 5.74) is 0.436. The van der Waals surface area contributed by atoms with E-state index in [0.717, 1.165) is 0 Å². The summed E-state index contributed by atoms with van der Waals surface area (Å²) in [6.07, 6.45) is 0. The molecule has 0 aliphatic heterocycles. The molecule has 1 unspecified atom stereocenters. The topological polar surface area (TPSA) is 63.4 Å². The molecule has 0 aliphatic rings. The van der Waals surface area contributed by atoms with Crippen LogP contribution in [0.25, 0.3) is 0 Å². The van der Waals surface area contributed by atoms with E-state index in [-0.39, 0.29) is 16.7 Å². The first-order valence-electron chi connectivity index (χ1n) is 3.67. The van der Waals surface area contributed by atoms with Gasteiger partial charge in [0.25, 0.3) is 5.69 Å². The second kappa shape index (κ2) is 3.66. The highest BCUT2D eigenvalue weighted by Gasteiger charge is 2.12. The van der Waals surface area contributed by atoms with E-state index in [1.54, 1.807) is 6.92 Å². The molecule has 1 atom stereocenters. The molecular weight excluding hydrogens is 190 g/mol. The minimum atomic E-state index is -0.501. The molecule has 70 valence electrons. The number of rotatable bonds is 2. The van der Waals surface area contributed by atoms with Crippen molar-refractivity contribution in [2.45, 2.75) is 12.2 Å². The summed E-state index contributed by atoms with van der Waals surface area (Å²) < 4.78 is 0. The molecule has 0 bridgehead atoms. The molecule has 0 aromatic heterocycles. The van der Waals surface area contributed by atoms with Crippen molar-refractivity contribution in [3.63, 3.8) is 0 Å². The number of nitrogens with zero attached hydrogens (tertiary/aromatic N) is 1. The second-order valence-corrected chi connectivity index (χ2v) is 3.45. The van der Waals surface area contributed by atoms with Crippen molar-refractivity contribution in [2.24, 2.45) is 0 Å². The molecule has 5 heteroatoms. The van der Waals surface area contributed by atoms with E-state index in [2.05, 4.69) is 12.6 Å². The third-order valence-electron chi connectivity index (χ3n) is 1.67. The number of nitro benzene ring substituents is 1.